The molecular weight excluding hydrogens is 252 g/mol. The summed E-state index contributed by atoms with van der Waals surface area (Å²) in [6.45, 7) is 5.51. The summed E-state index contributed by atoms with van der Waals surface area (Å²) in [6.07, 6.45) is 7.78. The van der Waals surface area contributed by atoms with Crippen LogP contribution in [0.3, 0.4) is 0 Å². The first-order valence-corrected chi connectivity index (χ1v) is 7.88. The summed E-state index contributed by atoms with van der Waals surface area (Å²) in [5, 5.41) is 0. The Morgan fingerprint density at radius 1 is 1.15 bits per heavy atom. The Kier molecular flexibility index (Phi) is 4.41. The van der Waals surface area contributed by atoms with E-state index in [0.29, 0.717) is 5.76 Å². The second kappa shape index (κ2) is 6.44. The Morgan fingerprint density at radius 2 is 2.00 bits per heavy atom. The first kappa shape index (κ1) is 13.7. The van der Waals surface area contributed by atoms with Gasteiger partial charge < -0.3 is 14.2 Å². The summed E-state index contributed by atoms with van der Waals surface area (Å²) < 4.78 is 5.22. The number of hydrogen-bond donors (Lipinski definition) is 0. The summed E-state index contributed by atoms with van der Waals surface area (Å²) in [6, 6.07) is 3.54. The van der Waals surface area contributed by atoms with Crippen LogP contribution in [0, 0.1) is 5.92 Å². The van der Waals surface area contributed by atoms with Crippen molar-refractivity contribution in [1.82, 2.24) is 9.80 Å². The number of furan rings is 1. The lowest BCUT2D eigenvalue weighted by atomic mass is 10.0. The van der Waals surface area contributed by atoms with Gasteiger partial charge in [-0.15, -0.1) is 0 Å². The van der Waals surface area contributed by atoms with Crippen molar-refractivity contribution >= 4 is 5.91 Å². The van der Waals surface area contributed by atoms with E-state index < -0.39 is 0 Å². The molecular formula is C16H24N2O2. The molecule has 2 aliphatic heterocycles. The van der Waals surface area contributed by atoms with Crippen molar-refractivity contribution in [2.24, 2.45) is 5.92 Å². The molecule has 20 heavy (non-hydrogen) atoms. The van der Waals surface area contributed by atoms with Crippen LogP contribution in [0.2, 0.25) is 0 Å². The van der Waals surface area contributed by atoms with Crippen molar-refractivity contribution < 1.29 is 9.21 Å². The smallest absolute Gasteiger partial charge is 0.289 e. The molecule has 0 bridgehead atoms. The minimum atomic E-state index is 0.0526. The molecule has 1 aromatic rings. The fraction of sp³-hybridized carbons (Fsp3) is 0.688. The maximum atomic E-state index is 12.3. The molecule has 0 saturated carbocycles. The van der Waals surface area contributed by atoms with Crippen LogP contribution in [0.25, 0.3) is 0 Å². The van der Waals surface area contributed by atoms with Gasteiger partial charge in [0.05, 0.1) is 6.26 Å². The van der Waals surface area contributed by atoms with Crippen LogP contribution in [0.1, 0.15) is 42.7 Å². The quantitative estimate of drug-likeness (QED) is 0.851. The van der Waals surface area contributed by atoms with Gasteiger partial charge in [0, 0.05) is 19.6 Å². The SMILES string of the molecule is O=C(c1ccco1)N1CCCC(CN2CCCC2)CC1. The summed E-state index contributed by atoms with van der Waals surface area (Å²) in [5.41, 5.74) is 0. The predicted octanol–water partition coefficient (Wildman–Crippen LogP) is 2.62. The number of carbonyl (C=O) groups excluding carboxylic acids is 1. The van der Waals surface area contributed by atoms with Crippen molar-refractivity contribution in [2.45, 2.75) is 32.1 Å². The van der Waals surface area contributed by atoms with E-state index in [1.165, 1.54) is 38.9 Å². The third-order valence-electron chi connectivity index (χ3n) is 4.58. The van der Waals surface area contributed by atoms with Gasteiger partial charge in [-0.05, 0) is 63.2 Å². The molecule has 4 nitrogen and oxygen atoms in total. The van der Waals surface area contributed by atoms with Gasteiger partial charge in [-0.25, -0.2) is 0 Å². The Balaban J connectivity index is 1.52. The number of likely N-dealkylation sites (tertiary alicyclic amines) is 2. The van der Waals surface area contributed by atoms with Crippen LogP contribution in [0.4, 0.5) is 0 Å². The highest BCUT2D eigenvalue weighted by Crippen LogP contribution is 2.22. The van der Waals surface area contributed by atoms with Gasteiger partial charge in [-0.3, -0.25) is 4.79 Å². The maximum Gasteiger partial charge on any atom is 0.289 e. The number of hydrogen-bond acceptors (Lipinski definition) is 3. The first-order chi connectivity index (χ1) is 9.83. The molecule has 2 saturated heterocycles. The van der Waals surface area contributed by atoms with Crippen LogP contribution in [0.5, 0.6) is 0 Å². The highest BCUT2D eigenvalue weighted by atomic mass is 16.3. The highest BCUT2D eigenvalue weighted by Gasteiger charge is 2.24. The van der Waals surface area contributed by atoms with E-state index in [9.17, 15) is 4.79 Å². The summed E-state index contributed by atoms with van der Waals surface area (Å²) in [5.74, 6) is 1.28. The van der Waals surface area contributed by atoms with E-state index in [0.717, 1.165) is 31.8 Å². The lowest BCUT2D eigenvalue weighted by Gasteiger charge is -2.22. The molecule has 0 radical (unpaired) electrons. The number of amides is 1. The zero-order chi connectivity index (χ0) is 13.8. The highest BCUT2D eigenvalue weighted by molar-refractivity contribution is 5.91. The maximum absolute atomic E-state index is 12.3. The number of rotatable bonds is 3. The van der Waals surface area contributed by atoms with Gasteiger partial charge in [-0.2, -0.15) is 0 Å². The molecule has 3 heterocycles. The second-order valence-electron chi connectivity index (χ2n) is 6.07. The van der Waals surface area contributed by atoms with Crippen LogP contribution >= 0.6 is 0 Å². The zero-order valence-electron chi connectivity index (χ0n) is 12.1. The normalized spacial score (nSPS) is 24.8. The summed E-state index contributed by atoms with van der Waals surface area (Å²) in [7, 11) is 0. The Bertz CT molecular complexity index is 424. The molecule has 2 aliphatic rings. The minimum Gasteiger partial charge on any atom is -0.459 e. The topological polar surface area (TPSA) is 36.7 Å². The third-order valence-corrected chi connectivity index (χ3v) is 4.58. The van der Waals surface area contributed by atoms with Gasteiger partial charge in [0.15, 0.2) is 5.76 Å². The van der Waals surface area contributed by atoms with E-state index in [-0.39, 0.29) is 5.91 Å². The van der Waals surface area contributed by atoms with E-state index in [2.05, 4.69) is 4.90 Å². The average molecular weight is 276 g/mol. The molecule has 0 spiro atoms. The monoisotopic (exact) mass is 276 g/mol. The van der Waals surface area contributed by atoms with E-state index in [1.54, 1.807) is 18.4 Å². The molecule has 1 unspecified atom stereocenters. The average Bonchev–Trinajstić information content (AvgIpc) is 3.10. The molecule has 110 valence electrons. The number of carbonyl (C=O) groups is 1. The first-order valence-electron chi connectivity index (χ1n) is 7.88. The number of nitrogens with zero attached hydrogens (tertiary/aromatic N) is 2. The molecule has 0 aliphatic carbocycles. The fourth-order valence-electron chi connectivity index (χ4n) is 3.44. The lowest BCUT2D eigenvalue weighted by molar-refractivity contribution is 0.0727. The summed E-state index contributed by atoms with van der Waals surface area (Å²) >= 11 is 0. The predicted molar refractivity (Wildman–Crippen MR) is 77.6 cm³/mol. The van der Waals surface area contributed by atoms with Crippen molar-refractivity contribution in [3.63, 3.8) is 0 Å². The largest absolute Gasteiger partial charge is 0.459 e. The summed E-state index contributed by atoms with van der Waals surface area (Å²) in [4.78, 5) is 16.8. The fourth-order valence-corrected chi connectivity index (χ4v) is 3.44. The van der Waals surface area contributed by atoms with Crippen molar-refractivity contribution in [3.8, 4) is 0 Å². The van der Waals surface area contributed by atoms with Crippen LogP contribution in [0.15, 0.2) is 22.8 Å². The van der Waals surface area contributed by atoms with Gasteiger partial charge in [0.1, 0.15) is 0 Å². The molecule has 2 fully saturated rings. The minimum absolute atomic E-state index is 0.0526. The zero-order valence-corrected chi connectivity index (χ0v) is 12.1. The van der Waals surface area contributed by atoms with E-state index >= 15 is 0 Å². The Hall–Kier alpha value is -1.29. The van der Waals surface area contributed by atoms with Crippen LogP contribution in [-0.2, 0) is 0 Å². The van der Waals surface area contributed by atoms with Gasteiger partial charge in [0.25, 0.3) is 5.91 Å². The van der Waals surface area contributed by atoms with Gasteiger partial charge in [-0.1, -0.05) is 0 Å². The second-order valence-corrected chi connectivity index (χ2v) is 6.07. The molecule has 4 heteroatoms. The Labute approximate surface area is 120 Å². The molecule has 0 N–H and O–H groups in total. The van der Waals surface area contributed by atoms with Crippen LogP contribution < -0.4 is 0 Å². The third kappa shape index (κ3) is 3.23. The van der Waals surface area contributed by atoms with Gasteiger partial charge >= 0.3 is 0 Å². The van der Waals surface area contributed by atoms with Gasteiger partial charge in [0.2, 0.25) is 0 Å². The van der Waals surface area contributed by atoms with E-state index in [1.807, 2.05) is 4.90 Å². The molecule has 0 aromatic carbocycles. The molecule has 1 atom stereocenters. The molecule has 1 aromatic heterocycles. The van der Waals surface area contributed by atoms with Crippen LogP contribution in [-0.4, -0.2) is 48.4 Å². The molecule has 3 rings (SSSR count). The lowest BCUT2D eigenvalue weighted by Crippen LogP contribution is -2.32. The molecule has 1 amide bonds. The Morgan fingerprint density at radius 3 is 2.75 bits per heavy atom. The van der Waals surface area contributed by atoms with Crippen molar-refractivity contribution in [2.75, 3.05) is 32.7 Å². The standard InChI is InChI=1S/C16H24N2O2/c19-16(15-6-4-12-20-15)18-10-3-5-14(7-11-18)13-17-8-1-2-9-17/h4,6,12,14H,1-3,5,7-11,13H2. The van der Waals surface area contributed by atoms with Crippen molar-refractivity contribution in [1.29, 1.82) is 0 Å². The van der Waals surface area contributed by atoms with E-state index in [4.69, 9.17) is 4.42 Å². The van der Waals surface area contributed by atoms with Crippen molar-refractivity contribution in [3.05, 3.63) is 24.2 Å².